The van der Waals surface area contributed by atoms with Crippen LogP contribution in [0.2, 0.25) is 0 Å². The Morgan fingerprint density at radius 3 is 2.40 bits per heavy atom. The molecule has 1 atom stereocenters. The summed E-state index contributed by atoms with van der Waals surface area (Å²) < 4.78 is 16.3. The van der Waals surface area contributed by atoms with Crippen LogP contribution >= 0.6 is 0 Å². The molecule has 0 aliphatic rings. The first kappa shape index (κ1) is 27.5. The molecule has 0 aromatic heterocycles. The van der Waals surface area contributed by atoms with Gasteiger partial charge in [0.25, 0.3) is 0 Å². The molecule has 2 rings (SSSR count). The minimum Gasteiger partial charge on any atom is -0.504 e. The van der Waals surface area contributed by atoms with Crippen LogP contribution in [0.1, 0.15) is 31.9 Å². The molecule has 2 amide bonds. The molecule has 4 N–H and O–H groups in total. The molecule has 0 unspecified atom stereocenters. The zero-order valence-corrected chi connectivity index (χ0v) is 20.8. The number of amides is 2. The average Bonchev–Trinajstić information content (AvgIpc) is 2.81. The van der Waals surface area contributed by atoms with E-state index in [1.807, 2.05) is 20.8 Å². The molecule has 190 valence electrons. The van der Waals surface area contributed by atoms with Crippen molar-refractivity contribution in [1.82, 2.24) is 10.6 Å². The number of phenolic OH excluding ortho intramolecular Hbond substituents is 2. The summed E-state index contributed by atoms with van der Waals surface area (Å²) in [6.07, 6.45) is 3.32. The number of benzene rings is 2. The van der Waals surface area contributed by atoms with Crippen molar-refractivity contribution in [2.24, 2.45) is 0 Å². The van der Waals surface area contributed by atoms with E-state index in [0.717, 1.165) is 5.56 Å². The number of carbonyl (C=O) groups excluding carboxylic acids is 2. The fraction of sp³-hybridized carbons (Fsp3) is 0.385. The maximum atomic E-state index is 12.8. The number of phenols is 2. The predicted molar refractivity (Wildman–Crippen MR) is 133 cm³/mol. The summed E-state index contributed by atoms with van der Waals surface area (Å²) in [6, 6.07) is 8.76. The Morgan fingerprint density at radius 2 is 1.77 bits per heavy atom. The zero-order valence-electron chi connectivity index (χ0n) is 20.8. The van der Waals surface area contributed by atoms with Crippen LogP contribution < -0.4 is 20.1 Å². The zero-order chi connectivity index (χ0) is 26.0. The van der Waals surface area contributed by atoms with E-state index in [0.29, 0.717) is 23.5 Å². The van der Waals surface area contributed by atoms with Gasteiger partial charge in [0.05, 0.1) is 26.4 Å². The molecule has 2 aromatic carbocycles. The van der Waals surface area contributed by atoms with Crippen LogP contribution in [-0.4, -0.2) is 61.0 Å². The summed E-state index contributed by atoms with van der Waals surface area (Å²) in [6.45, 7) is 5.82. The van der Waals surface area contributed by atoms with Crippen molar-refractivity contribution in [2.75, 3.05) is 27.4 Å². The first-order valence-corrected chi connectivity index (χ1v) is 11.2. The quantitative estimate of drug-likeness (QED) is 0.284. The number of methoxy groups -OCH3 is 2. The van der Waals surface area contributed by atoms with Crippen LogP contribution in [0.15, 0.2) is 42.5 Å². The number of nitrogens with one attached hydrogen (secondary N) is 2. The maximum absolute atomic E-state index is 12.8. The van der Waals surface area contributed by atoms with Crippen molar-refractivity contribution in [2.45, 2.75) is 38.8 Å². The summed E-state index contributed by atoms with van der Waals surface area (Å²) in [7, 11) is 3.08. The minimum absolute atomic E-state index is 0.0165. The lowest BCUT2D eigenvalue weighted by atomic mass is 10.1. The van der Waals surface area contributed by atoms with E-state index in [9.17, 15) is 19.8 Å². The second-order valence-electron chi connectivity index (χ2n) is 8.79. The lowest BCUT2D eigenvalue weighted by Crippen LogP contribution is -2.50. The van der Waals surface area contributed by atoms with E-state index >= 15 is 0 Å². The molecule has 0 radical (unpaired) electrons. The van der Waals surface area contributed by atoms with E-state index in [-0.39, 0.29) is 24.7 Å². The van der Waals surface area contributed by atoms with E-state index < -0.39 is 23.5 Å². The molecule has 0 saturated heterocycles. The lowest BCUT2D eigenvalue weighted by Gasteiger charge is -2.24. The topological polar surface area (TPSA) is 126 Å². The van der Waals surface area contributed by atoms with Gasteiger partial charge < -0.3 is 35.1 Å². The van der Waals surface area contributed by atoms with Gasteiger partial charge >= 0.3 is 0 Å². The molecule has 0 aliphatic carbocycles. The molecule has 0 aliphatic heterocycles. The van der Waals surface area contributed by atoms with Crippen molar-refractivity contribution in [3.8, 4) is 23.0 Å². The summed E-state index contributed by atoms with van der Waals surface area (Å²) in [5.41, 5.74) is 0.879. The molecular weight excluding hydrogens is 452 g/mol. The maximum Gasteiger partial charge on any atom is 0.245 e. The lowest BCUT2D eigenvalue weighted by molar-refractivity contribution is -0.130. The van der Waals surface area contributed by atoms with Crippen molar-refractivity contribution >= 4 is 17.9 Å². The highest BCUT2D eigenvalue weighted by Gasteiger charge is 2.23. The van der Waals surface area contributed by atoms with Gasteiger partial charge in [0.2, 0.25) is 11.8 Å². The van der Waals surface area contributed by atoms with Crippen molar-refractivity contribution in [3.05, 3.63) is 53.6 Å². The Morgan fingerprint density at radius 1 is 1.03 bits per heavy atom. The summed E-state index contributed by atoms with van der Waals surface area (Å²) in [4.78, 5) is 25.4. The smallest absolute Gasteiger partial charge is 0.245 e. The summed E-state index contributed by atoms with van der Waals surface area (Å²) in [5.74, 6) is -0.130. The average molecular weight is 487 g/mol. The van der Waals surface area contributed by atoms with Crippen LogP contribution in [0, 0.1) is 0 Å². The molecule has 0 heterocycles. The van der Waals surface area contributed by atoms with Crippen LogP contribution in [0.3, 0.4) is 0 Å². The summed E-state index contributed by atoms with van der Waals surface area (Å²) >= 11 is 0. The van der Waals surface area contributed by atoms with Crippen LogP contribution in [0.25, 0.3) is 6.08 Å². The Kier molecular flexibility index (Phi) is 9.96. The molecule has 2 aromatic rings. The minimum atomic E-state index is -0.924. The number of hydrogen-bond donors (Lipinski definition) is 4. The van der Waals surface area contributed by atoms with Crippen molar-refractivity contribution in [3.63, 3.8) is 0 Å². The van der Waals surface area contributed by atoms with E-state index in [1.54, 1.807) is 37.5 Å². The molecule has 0 bridgehead atoms. The van der Waals surface area contributed by atoms with Gasteiger partial charge in [-0.1, -0.05) is 6.07 Å². The second kappa shape index (κ2) is 12.7. The highest BCUT2D eigenvalue weighted by Crippen LogP contribution is 2.25. The van der Waals surface area contributed by atoms with Gasteiger partial charge in [-0.05, 0) is 69.2 Å². The SMILES string of the molecule is COc1ccc(OC)c(C=CC(=O)N[C@@H](COC(C)(C)C)C(=O)NCCc2ccc(O)c(O)c2)c1. The molecule has 9 nitrogen and oxygen atoms in total. The van der Waals surface area contributed by atoms with E-state index in [1.165, 1.54) is 25.3 Å². The van der Waals surface area contributed by atoms with Crippen LogP contribution in [0.5, 0.6) is 23.0 Å². The third kappa shape index (κ3) is 9.21. The highest BCUT2D eigenvalue weighted by atomic mass is 16.5. The first-order chi connectivity index (χ1) is 16.5. The van der Waals surface area contributed by atoms with E-state index in [2.05, 4.69) is 10.6 Å². The number of ether oxygens (including phenoxy) is 3. The van der Waals surface area contributed by atoms with Gasteiger partial charge in [-0.15, -0.1) is 0 Å². The van der Waals surface area contributed by atoms with Crippen LogP contribution in [0.4, 0.5) is 0 Å². The Hall–Kier alpha value is -3.72. The fourth-order valence-corrected chi connectivity index (χ4v) is 3.05. The van der Waals surface area contributed by atoms with Gasteiger partial charge in [-0.25, -0.2) is 0 Å². The van der Waals surface area contributed by atoms with Gasteiger partial charge in [0, 0.05) is 18.2 Å². The second-order valence-corrected chi connectivity index (χ2v) is 8.79. The van der Waals surface area contributed by atoms with Gasteiger partial charge in [0.15, 0.2) is 11.5 Å². The molecule has 0 spiro atoms. The van der Waals surface area contributed by atoms with Crippen molar-refractivity contribution in [1.29, 1.82) is 0 Å². The highest BCUT2D eigenvalue weighted by molar-refractivity contribution is 5.95. The van der Waals surface area contributed by atoms with Crippen LogP contribution in [-0.2, 0) is 20.7 Å². The Bertz CT molecular complexity index is 1040. The standard InChI is InChI=1S/C26H34N2O7/c1-26(2,3)35-16-20(25(32)27-13-12-17-6-9-21(29)22(30)14-17)28-24(31)11-7-18-15-19(33-4)8-10-23(18)34-5/h6-11,14-15,20,29-30H,12-13,16H2,1-5H3,(H,27,32)(H,28,31)/t20-/m0/s1. The molecule has 9 heteroatoms. The third-order valence-corrected chi connectivity index (χ3v) is 4.92. The molecular formula is C26H34N2O7. The monoisotopic (exact) mass is 486 g/mol. The first-order valence-electron chi connectivity index (χ1n) is 11.2. The van der Waals surface area contributed by atoms with E-state index in [4.69, 9.17) is 14.2 Å². The normalized spacial score (nSPS) is 12.3. The number of carbonyl (C=O) groups is 2. The largest absolute Gasteiger partial charge is 0.504 e. The van der Waals surface area contributed by atoms with Gasteiger partial charge in [-0.3, -0.25) is 9.59 Å². The molecule has 0 saturated carbocycles. The number of aromatic hydroxyl groups is 2. The fourth-order valence-electron chi connectivity index (χ4n) is 3.05. The van der Waals surface area contributed by atoms with Gasteiger partial charge in [0.1, 0.15) is 17.5 Å². The Balaban J connectivity index is 2.04. The Labute approximate surface area is 205 Å². The number of rotatable bonds is 11. The summed E-state index contributed by atoms with van der Waals surface area (Å²) in [5, 5.41) is 24.5. The van der Waals surface area contributed by atoms with Gasteiger partial charge in [-0.2, -0.15) is 0 Å². The predicted octanol–water partition coefficient (Wildman–Crippen LogP) is 2.79. The molecule has 0 fully saturated rings. The van der Waals surface area contributed by atoms with Crippen molar-refractivity contribution < 1.29 is 34.0 Å². The number of hydrogen-bond acceptors (Lipinski definition) is 7. The molecule has 35 heavy (non-hydrogen) atoms. The third-order valence-electron chi connectivity index (χ3n) is 4.92.